The number of rotatable bonds is 8. The first-order valence-corrected chi connectivity index (χ1v) is 7.18. The smallest absolute Gasteiger partial charge is 0.307 e. The van der Waals surface area contributed by atoms with Crippen LogP contribution in [0.4, 0.5) is 0 Å². The van der Waals surface area contributed by atoms with E-state index in [9.17, 15) is 4.79 Å². The molecule has 0 saturated carbocycles. The first-order valence-electron chi connectivity index (χ1n) is 6.39. The first-order chi connectivity index (χ1) is 9.62. The van der Waals surface area contributed by atoms with Gasteiger partial charge in [0.1, 0.15) is 0 Å². The SMILES string of the molecule is CCOC(=O)CCNCc1cc(Br)c(OC)c(OC)c1. The van der Waals surface area contributed by atoms with Crippen molar-refractivity contribution in [2.75, 3.05) is 27.4 Å². The van der Waals surface area contributed by atoms with Crippen LogP contribution in [-0.4, -0.2) is 33.3 Å². The summed E-state index contributed by atoms with van der Waals surface area (Å²) < 4.78 is 16.2. The van der Waals surface area contributed by atoms with Gasteiger partial charge in [0.05, 0.1) is 31.7 Å². The number of benzene rings is 1. The summed E-state index contributed by atoms with van der Waals surface area (Å²) in [6, 6.07) is 3.86. The van der Waals surface area contributed by atoms with E-state index < -0.39 is 0 Å². The lowest BCUT2D eigenvalue weighted by atomic mass is 10.2. The summed E-state index contributed by atoms with van der Waals surface area (Å²) in [5.41, 5.74) is 1.04. The Bertz CT molecular complexity index is 451. The maximum atomic E-state index is 11.2. The van der Waals surface area contributed by atoms with E-state index in [4.69, 9.17) is 14.2 Å². The molecule has 0 aliphatic heterocycles. The van der Waals surface area contributed by atoms with Crippen LogP contribution in [0.2, 0.25) is 0 Å². The molecule has 0 radical (unpaired) electrons. The number of ether oxygens (including phenoxy) is 3. The molecule has 0 aliphatic carbocycles. The van der Waals surface area contributed by atoms with Crippen LogP contribution in [0.3, 0.4) is 0 Å². The van der Waals surface area contributed by atoms with Crippen molar-refractivity contribution in [3.05, 3.63) is 22.2 Å². The van der Waals surface area contributed by atoms with Crippen molar-refractivity contribution < 1.29 is 19.0 Å². The van der Waals surface area contributed by atoms with E-state index in [0.717, 1.165) is 10.0 Å². The monoisotopic (exact) mass is 345 g/mol. The minimum absolute atomic E-state index is 0.187. The van der Waals surface area contributed by atoms with Crippen LogP contribution in [-0.2, 0) is 16.1 Å². The van der Waals surface area contributed by atoms with Crippen molar-refractivity contribution >= 4 is 21.9 Å². The van der Waals surface area contributed by atoms with Gasteiger partial charge in [-0.25, -0.2) is 0 Å². The lowest BCUT2D eigenvalue weighted by molar-refractivity contribution is -0.142. The summed E-state index contributed by atoms with van der Waals surface area (Å²) in [5.74, 6) is 1.15. The summed E-state index contributed by atoms with van der Waals surface area (Å²) in [6.45, 7) is 3.43. The van der Waals surface area contributed by atoms with Gasteiger partial charge < -0.3 is 19.5 Å². The molecular weight excluding hydrogens is 326 g/mol. The molecular formula is C14H20BrNO4. The standard InChI is InChI=1S/C14H20BrNO4/c1-4-20-13(17)5-6-16-9-10-7-11(15)14(19-3)12(8-10)18-2/h7-8,16H,4-6,9H2,1-3H3. The molecule has 6 heteroatoms. The van der Waals surface area contributed by atoms with Crippen LogP contribution < -0.4 is 14.8 Å². The summed E-state index contributed by atoms with van der Waals surface area (Å²) in [7, 11) is 3.20. The molecule has 112 valence electrons. The lowest BCUT2D eigenvalue weighted by Gasteiger charge is -2.12. The van der Waals surface area contributed by atoms with Gasteiger partial charge in [0.25, 0.3) is 0 Å². The van der Waals surface area contributed by atoms with Crippen molar-refractivity contribution in [3.63, 3.8) is 0 Å². The maximum Gasteiger partial charge on any atom is 0.307 e. The fraction of sp³-hybridized carbons (Fsp3) is 0.500. The zero-order valence-electron chi connectivity index (χ0n) is 12.0. The van der Waals surface area contributed by atoms with Gasteiger partial charge in [-0.1, -0.05) is 0 Å². The van der Waals surface area contributed by atoms with Crippen molar-refractivity contribution in [2.45, 2.75) is 19.9 Å². The van der Waals surface area contributed by atoms with Crippen LogP contribution in [0, 0.1) is 0 Å². The molecule has 0 aromatic heterocycles. The van der Waals surface area contributed by atoms with E-state index in [1.54, 1.807) is 21.1 Å². The highest BCUT2D eigenvalue weighted by Gasteiger charge is 2.10. The second-order valence-electron chi connectivity index (χ2n) is 4.04. The molecule has 0 unspecified atom stereocenters. The molecule has 0 spiro atoms. The summed E-state index contributed by atoms with van der Waals surface area (Å²) in [6.07, 6.45) is 0.363. The van der Waals surface area contributed by atoms with Crippen LogP contribution in [0.1, 0.15) is 18.9 Å². The minimum Gasteiger partial charge on any atom is -0.493 e. The molecule has 1 aromatic rings. The quantitative estimate of drug-likeness (QED) is 0.579. The molecule has 0 aliphatic rings. The topological polar surface area (TPSA) is 56.8 Å². The van der Waals surface area contributed by atoms with Gasteiger partial charge in [0.15, 0.2) is 11.5 Å². The van der Waals surface area contributed by atoms with Crippen molar-refractivity contribution in [1.82, 2.24) is 5.32 Å². The Morgan fingerprint density at radius 2 is 2.05 bits per heavy atom. The molecule has 0 atom stereocenters. The average Bonchev–Trinajstić information content (AvgIpc) is 2.43. The van der Waals surface area contributed by atoms with E-state index in [-0.39, 0.29) is 5.97 Å². The molecule has 0 heterocycles. The van der Waals surface area contributed by atoms with Gasteiger partial charge in [0, 0.05) is 13.1 Å². The number of hydrogen-bond acceptors (Lipinski definition) is 5. The predicted molar refractivity (Wildman–Crippen MR) is 80.2 cm³/mol. The minimum atomic E-state index is -0.187. The summed E-state index contributed by atoms with van der Waals surface area (Å²) in [5, 5.41) is 3.19. The van der Waals surface area contributed by atoms with Crippen LogP contribution in [0.25, 0.3) is 0 Å². The van der Waals surface area contributed by atoms with Gasteiger partial charge in [0.2, 0.25) is 0 Å². The molecule has 0 amide bonds. The molecule has 20 heavy (non-hydrogen) atoms. The Hall–Kier alpha value is -1.27. The number of carbonyl (C=O) groups is 1. The van der Waals surface area contributed by atoms with Crippen molar-refractivity contribution in [3.8, 4) is 11.5 Å². The number of methoxy groups -OCH3 is 2. The summed E-state index contributed by atoms with van der Waals surface area (Å²) in [4.78, 5) is 11.2. The molecule has 0 saturated heterocycles. The van der Waals surface area contributed by atoms with Gasteiger partial charge in [-0.2, -0.15) is 0 Å². The van der Waals surface area contributed by atoms with E-state index in [1.165, 1.54) is 0 Å². The lowest BCUT2D eigenvalue weighted by Crippen LogP contribution is -2.19. The fourth-order valence-corrected chi connectivity index (χ4v) is 2.38. The van der Waals surface area contributed by atoms with Crippen LogP contribution in [0.5, 0.6) is 11.5 Å². The molecule has 0 bridgehead atoms. The Morgan fingerprint density at radius 3 is 2.65 bits per heavy atom. The van der Waals surface area contributed by atoms with E-state index in [2.05, 4.69) is 21.2 Å². The molecule has 0 fully saturated rings. The third kappa shape index (κ3) is 5.02. The highest BCUT2D eigenvalue weighted by Crippen LogP contribution is 2.36. The third-order valence-electron chi connectivity index (χ3n) is 2.63. The largest absolute Gasteiger partial charge is 0.493 e. The number of hydrogen-bond donors (Lipinski definition) is 1. The number of esters is 1. The Morgan fingerprint density at radius 1 is 1.30 bits per heavy atom. The van der Waals surface area contributed by atoms with E-state index in [0.29, 0.717) is 37.6 Å². The maximum absolute atomic E-state index is 11.2. The van der Waals surface area contributed by atoms with Gasteiger partial charge in [-0.3, -0.25) is 4.79 Å². The van der Waals surface area contributed by atoms with Crippen molar-refractivity contribution in [2.24, 2.45) is 0 Å². The van der Waals surface area contributed by atoms with Gasteiger partial charge in [-0.15, -0.1) is 0 Å². The molecule has 1 N–H and O–H groups in total. The van der Waals surface area contributed by atoms with E-state index >= 15 is 0 Å². The fourth-order valence-electron chi connectivity index (χ4n) is 1.73. The Kier molecular flexibility index (Phi) is 7.40. The Balaban J connectivity index is 2.52. The summed E-state index contributed by atoms with van der Waals surface area (Å²) >= 11 is 3.44. The second kappa shape index (κ2) is 8.81. The number of halogens is 1. The Labute approximate surface area is 127 Å². The zero-order chi connectivity index (χ0) is 15.0. The molecule has 5 nitrogen and oxygen atoms in total. The van der Waals surface area contributed by atoms with Crippen LogP contribution >= 0.6 is 15.9 Å². The number of nitrogens with one attached hydrogen (secondary N) is 1. The second-order valence-corrected chi connectivity index (χ2v) is 4.90. The first kappa shape index (κ1) is 16.8. The molecule has 1 rings (SSSR count). The van der Waals surface area contributed by atoms with E-state index in [1.807, 2.05) is 12.1 Å². The predicted octanol–water partition coefficient (Wildman–Crippen LogP) is 2.51. The van der Waals surface area contributed by atoms with Gasteiger partial charge >= 0.3 is 5.97 Å². The third-order valence-corrected chi connectivity index (χ3v) is 3.22. The highest BCUT2D eigenvalue weighted by molar-refractivity contribution is 9.10. The van der Waals surface area contributed by atoms with Crippen LogP contribution in [0.15, 0.2) is 16.6 Å². The highest BCUT2D eigenvalue weighted by atomic mass is 79.9. The number of carbonyl (C=O) groups excluding carboxylic acids is 1. The van der Waals surface area contributed by atoms with Gasteiger partial charge in [-0.05, 0) is 40.5 Å². The zero-order valence-corrected chi connectivity index (χ0v) is 13.6. The molecule has 1 aromatic carbocycles. The normalized spacial score (nSPS) is 10.2. The average molecular weight is 346 g/mol. The van der Waals surface area contributed by atoms with Crippen molar-refractivity contribution in [1.29, 1.82) is 0 Å².